The van der Waals surface area contributed by atoms with Crippen LogP contribution >= 0.6 is 11.3 Å². The number of hydrogen-bond acceptors (Lipinski definition) is 6. The Morgan fingerprint density at radius 2 is 2.00 bits per heavy atom. The SMILES string of the molecule is Cc1cccc(NC(=O)CN2CCN(Cc3nc(-c4ccco4)cs3)CC2)c1. The van der Waals surface area contributed by atoms with Crippen molar-refractivity contribution >= 4 is 22.9 Å². The van der Waals surface area contributed by atoms with Gasteiger partial charge in [0, 0.05) is 37.2 Å². The molecule has 1 N–H and O–H groups in total. The summed E-state index contributed by atoms with van der Waals surface area (Å²) in [4.78, 5) is 21.6. The number of aryl methyl sites for hydroxylation is 1. The minimum Gasteiger partial charge on any atom is -0.463 e. The number of anilines is 1. The summed E-state index contributed by atoms with van der Waals surface area (Å²) in [5, 5.41) is 6.12. The van der Waals surface area contributed by atoms with Crippen LogP contribution in [0.3, 0.4) is 0 Å². The number of piperazine rings is 1. The van der Waals surface area contributed by atoms with Crippen LogP contribution in [-0.4, -0.2) is 53.4 Å². The summed E-state index contributed by atoms with van der Waals surface area (Å²) >= 11 is 1.66. The number of carbonyl (C=O) groups excluding carboxylic acids is 1. The Labute approximate surface area is 168 Å². The molecule has 28 heavy (non-hydrogen) atoms. The molecule has 1 aliphatic rings. The van der Waals surface area contributed by atoms with Crippen molar-refractivity contribution in [1.29, 1.82) is 0 Å². The van der Waals surface area contributed by atoms with E-state index >= 15 is 0 Å². The van der Waals surface area contributed by atoms with Crippen LogP contribution in [0.1, 0.15) is 10.6 Å². The van der Waals surface area contributed by atoms with Gasteiger partial charge in [-0.05, 0) is 36.8 Å². The molecule has 4 rings (SSSR count). The van der Waals surface area contributed by atoms with Gasteiger partial charge in [0.15, 0.2) is 5.76 Å². The fourth-order valence-electron chi connectivity index (χ4n) is 3.34. The van der Waals surface area contributed by atoms with Crippen LogP contribution in [0.15, 0.2) is 52.5 Å². The summed E-state index contributed by atoms with van der Waals surface area (Å²) in [6.45, 7) is 6.95. The zero-order valence-corrected chi connectivity index (χ0v) is 16.7. The Bertz CT molecular complexity index is 914. The Kier molecular flexibility index (Phi) is 5.85. The van der Waals surface area contributed by atoms with Gasteiger partial charge in [0.2, 0.25) is 5.91 Å². The number of amides is 1. The molecule has 1 fully saturated rings. The van der Waals surface area contributed by atoms with Gasteiger partial charge in [0.25, 0.3) is 0 Å². The molecular weight excluding hydrogens is 372 g/mol. The van der Waals surface area contributed by atoms with Crippen molar-refractivity contribution in [3.63, 3.8) is 0 Å². The van der Waals surface area contributed by atoms with Crippen LogP contribution < -0.4 is 5.32 Å². The summed E-state index contributed by atoms with van der Waals surface area (Å²) in [6.07, 6.45) is 1.67. The molecule has 2 aromatic heterocycles. The van der Waals surface area contributed by atoms with Crippen LogP contribution in [0.25, 0.3) is 11.5 Å². The molecule has 0 radical (unpaired) electrons. The molecule has 1 amide bonds. The first-order valence-electron chi connectivity index (χ1n) is 9.45. The van der Waals surface area contributed by atoms with E-state index in [4.69, 9.17) is 4.42 Å². The second-order valence-corrected chi connectivity index (χ2v) is 8.02. The molecule has 0 aliphatic carbocycles. The predicted molar refractivity (Wildman–Crippen MR) is 111 cm³/mol. The largest absolute Gasteiger partial charge is 0.463 e. The summed E-state index contributed by atoms with van der Waals surface area (Å²) in [5.41, 5.74) is 2.90. The highest BCUT2D eigenvalue weighted by Gasteiger charge is 2.20. The lowest BCUT2D eigenvalue weighted by molar-refractivity contribution is -0.117. The number of aromatic nitrogens is 1. The molecule has 0 bridgehead atoms. The summed E-state index contributed by atoms with van der Waals surface area (Å²) in [5.74, 6) is 0.856. The number of nitrogens with zero attached hydrogens (tertiary/aromatic N) is 3. The molecule has 0 spiro atoms. The van der Waals surface area contributed by atoms with Crippen LogP contribution in [0.4, 0.5) is 5.69 Å². The van der Waals surface area contributed by atoms with E-state index in [-0.39, 0.29) is 5.91 Å². The maximum atomic E-state index is 12.3. The van der Waals surface area contributed by atoms with E-state index in [0.717, 1.165) is 60.4 Å². The van der Waals surface area contributed by atoms with Gasteiger partial charge in [-0.1, -0.05) is 12.1 Å². The highest BCUT2D eigenvalue weighted by Crippen LogP contribution is 2.23. The standard InChI is InChI=1S/C21H24N4O2S/c1-16-4-2-5-17(12-16)22-20(26)13-24-7-9-25(10-8-24)14-21-23-18(15-28-21)19-6-3-11-27-19/h2-6,11-12,15H,7-10,13-14H2,1H3,(H,22,26). The molecule has 1 aromatic carbocycles. The van der Waals surface area contributed by atoms with Crippen LogP contribution in [0, 0.1) is 6.92 Å². The molecule has 6 nitrogen and oxygen atoms in total. The lowest BCUT2D eigenvalue weighted by Crippen LogP contribution is -2.48. The van der Waals surface area contributed by atoms with Crippen molar-refractivity contribution in [2.75, 3.05) is 38.0 Å². The third kappa shape index (κ3) is 4.86. The van der Waals surface area contributed by atoms with Gasteiger partial charge in [0.05, 0.1) is 19.4 Å². The van der Waals surface area contributed by atoms with Crippen molar-refractivity contribution in [3.8, 4) is 11.5 Å². The van der Waals surface area contributed by atoms with Crippen LogP contribution in [0.2, 0.25) is 0 Å². The number of nitrogens with one attached hydrogen (secondary N) is 1. The fraction of sp³-hybridized carbons (Fsp3) is 0.333. The Morgan fingerprint density at radius 1 is 1.18 bits per heavy atom. The first-order chi connectivity index (χ1) is 13.7. The molecule has 1 saturated heterocycles. The quantitative estimate of drug-likeness (QED) is 0.691. The van der Waals surface area contributed by atoms with E-state index in [1.807, 2.05) is 48.7 Å². The zero-order valence-electron chi connectivity index (χ0n) is 15.9. The van der Waals surface area contributed by atoms with Crippen molar-refractivity contribution < 1.29 is 9.21 Å². The maximum Gasteiger partial charge on any atom is 0.238 e. The number of rotatable bonds is 6. The van der Waals surface area contributed by atoms with E-state index in [1.54, 1.807) is 17.6 Å². The summed E-state index contributed by atoms with van der Waals surface area (Å²) in [6, 6.07) is 11.7. The maximum absolute atomic E-state index is 12.3. The van der Waals surface area contributed by atoms with Crippen molar-refractivity contribution in [2.24, 2.45) is 0 Å². The minimum absolute atomic E-state index is 0.0436. The Hall–Kier alpha value is -2.48. The molecule has 3 heterocycles. The first kappa shape index (κ1) is 18.9. The topological polar surface area (TPSA) is 61.6 Å². The summed E-state index contributed by atoms with van der Waals surface area (Å²) in [7, 11) is 0. The Morgan fingerprint density at radius 3 is 2.75 bits per heavy atom. The number of carbonyl (C=O) groups is 1. The average molecular weight is 397 g/mol. The minimum atomic E-state index is 0.0436. The molecule has 146 valence electrons. The smallest absolute Gasteiger partial charge is 0.238 e. The third-order valence-corrected chi connectivity index (χ3v) is 5.65. The van der Waals surface area contributed by atoms with Gasteiger partial charge < -0.3 is 9.73 Å². The zero-order chi connectivity index (χ0) is 19.3. The normalized spacial score (nSPS) is 15.6. The van der Waals surface area contributed by atoms with E-state index in [0.29, 0.717) is 6.54 Å². The van der Waals surface area contributed by atoms with Gasteiger partial charge in [-0.15, -0.1) is 11.3 Å². The highest BCUT2D eigenvalue weighted by atomic mass is 32.1. The number of thiazole rings is 1. The van der Waals surface area contributed by atoms with Crippen molar-refractivity contribution in [3.05, 3.63) is 58.6 Å². The van der Waals surface area contributed by atoms with Gasteiger partial charge in [0.1, 0.15) is 10.7 Å². The van der Waals surface area contributed by atoms with E-state index in [1.165, 1.54) is 0 Å². The molecule has 7 heteroatoms. The average Bonchev–Trinajstić information content (AvgIpc) is 3.35. The second-order valence-electron chi connectivity index (χ2n) is 7.07. The Balaban J connectivity index is 1.23. The van der Waals surface area contributed by atoms with Crippen molar-refractivity contribution in [1.82, 2.24) is 14.8 Å². The third-order valence-electron chi connectivity index (χ3n) is 4.82. The number of hydrogen-bond donors (Lipinski definition) is 1. The monoisotopic (exact) mass is 396 g/mol. The van der Waals surface area contributed by atoms with E-state index in [2.05, 4.69) is 20.1 Å². The van der Waals surface area contributed by atoms with E-state index < -0.39 is 0 Å². The summed E-state index contributed by atoms with van der Waals surface area (Å²) < 4.78 is 5.41. The van der Waals surface area contributed by atoms with Gasteiger partial charge >= 0.3 is 0 Å². The predicted octanol–water partition coefficient (Wildman–Crippen LogP) is 3.47. The van der Waals surface area contributed by atoms with Crippen molar-refractivity contribution in [2.45, 2.75) is 13.5 Å². The van der Waals surface area contributed by atoms with Crippen LogP contribution in [0.5, 0.6) is 0 Å². The molecule has 3 aromatic rings. The number of furan rings is 1. The lowest BCUT2D eigenvalue weighted by atomic mass is 10.2. The molecule has 0 unspecified atom stereocenters. The number of benzene rings is 1. The second kappa shape index (κ2) is 8.68. The fourth-order valence-corrected chi connectivity index (χ4v) is 4.17. The van der Waals surface area contributed by atoms with Gasteiger partial charge in [-0.25, -0.2) is 4.98 Å². The molecular formula is C21H24N4O2S. The van der Waals surface area contributed by atoms with Crippen LogP contribution in [-0.2, 0) is 11.3 Å². The first-order valence-corrected chi connectivity index (χ1v) is 10.3. The molecule has 0 saturated carbocycles. The van der Waals surface area contributed by atoms with Gasteiger partial charge in [-0.2, -0.15) is 0 Å². The highest BCUT2D eigenvalue weighted by molar-refractivity contribution is 7.09. The molecule has 1 aliphatic heterocycles. The lowest BCUT2D eigenvalue weighted by Gasteiger charge is -2.33. The van der Waals surface area contributed by atoms with Gasteiger partial charge in [-0.3, -0.25) is 14.6 Å². The van der Waals surface area contributed by atoms with E-state index in [9.17, 15) is 4.79 Å². The molecule has 0 atom stereocenters.